The molecule has 0 bridgehead atoms. The van der Waals surface area contributed by atoms with Crippen molar-refractivity contribution in [2.24, 2.45) is 17.3 Å². The predicted octanol–water partition coefficient (Wildman–Crippen LogP) is 4.88. The molecule has 5 atom stereocenters. The molecule has 1 fully saturated rings. The summed E-state index contributed by atoms with van der Waals surface area (Å²) in [6, 6.07) is 13.5. The van der Waals surface area contributed by atoms with Crippen molar-refractivity contribution in [2.75, 3.05) is 0 Å². The molecule has 26 heavy (non-hydrogen) atoms. The Morgan fingerprint density at radius 2 is 1.77 bits per heavy atom. The van der Waals surface area contributed by atoms with Crippen LogP contribution in [0.25, 0.3) is 0 Å². The number of benzene rings is 1. The molecular formula is C24H20N2. The second-order valence-corrected chi connectivity index (χ2v) is 8.03. The lowest BCUT2D eigenvalue weighted by Crippen LogP contribution is -2.66. The zero-order valence-corrected chi connectivity index (χ0v) is 14.7. The third kappa shape index (κ3) is 1.24. The van der Waals surface area contributed by atoms with E-state index < -0.39 is 16.2 Å². The SMILES string of the molecule is C=CC1CC2(C#N)c3ccccc3[C@@]3(C#N)C4=C(CC=CC412)C[C@H]3C=C. The zero-order valence-electron chi connectivity index (χ0n) is 14.7. The summed E-state index contributed by atoms with van der Waals surface area (Å²) in [6.45, 7) is 8.14. The van der Waals surface area contributed by atoms with Crippen molar-refractivity contribution in [2.45, 2.75) is 30.1 Å². The summed E-state index contributed by atoms with van der Waals surface area (Å²) in [6.07, 6.45) is 10.9. The summed E-state index contributed by atoms with van der Waals surface area (Å²) < 4.78 is 0. The Hall–Kier alpha value is -2.84. The molecule has 0 amide bonds. The van der Waals surface area contributed by atoms with E-state index in [1.165, 1.54) is 11.1 Å². The lowest BCUT2D eigenvalue weighted by Gasteiger charge is -2.66. The van der Waals surface area contributed by atoms with E-state index in [9.17, 15) is 10.5 Å². The molecule has 5 rings (SSSR count). The van der Waals surface area contributed by atoms with Gasteiger partial charge in [0.25, 0.3) is 0 Å². The first-order chi connectivity index (χ1) is 12.7. The first kappa shape index (κ1) is 15.4. The fraction of sp³-hybridized carbons (Fsp3) is 0.333. The van der Waals surface area contributed by atoms with Gasteiger partial charge in [0, 0.05) is 11.3 Å². The van der Waals surface area contributed by atoms with Crippen LogP contribution in [0.15, 0.2) is 72.9 Å². The van der Waals surface area contributed by atoms with Crippen molar-refractivity contribution >= 4 is 0 Å². The summed E-state index contributed by atoms with van der Waals surface area (Å²) >= 11 is 0. The molecule has 0 saturated heterocycles. The Labute approximate surface area is 154 Å². The summed E-state index contributed by atoms with van der Waals surface area (Å²) in [5, 5.41) is 20.9. The van der Waals surface area contributed by atoms with Crippen LogP contribution in [0.1, 0.15) is 30.4 Å². The van der Waals surface area contributed by atoms with Crippen LogP contribution < -0.4 is 0 Å². The van der Waals surface area contributed by atoms with Crippen molar-refractivity contribution in [1.82, 2.24) is 0 Å². The molecular weight excluding hydrogens is 316 g/mol. The van der Waals surface area contributed by atoms with E-state index in [0.717, 1.165) is 30.4 Å². The molecule has 4 aliphatic rings. The fourth-order valence-corrected chi connectivity index (χ4v) is 6.56. The van der Waals surface area contributed by atoms with Crippen LogP contribution in [0.5, 0.6) is 0 Å². The molecule has 1 saturated carbocycles. The molecule has 0 N–H and O–H groups in total. The van der Waals surface area contributed by atoms with Crippen molar-refractivity contribution in [3.63, 3.8) is 0 Å². The average molecular weight is 336 g/mol. The standard InChI is InChI=1S/C24H20N2/c1-3-17-12-16-8-7-11-24-18(4-2)13-22(24,14-25)19-9-5-6-10-20(19)23(17,15-26)21(16)24/h3-7,9-11,17-18H,1-2,8,12-13H2/t17-,18?,22?,23+,24?/m1/s1. The van der Waals surface area contributed by atoms with Gasteiger partial charge in [-0.15, -0.1) is 13.2 Å². The normalized spacial score (nSPS) is 41.0. The summed E-state index contributed by atoms with van der Waals surface area (Å²) in [4.78, 5) is 0. The number of rotatable bonds is 2. The fourth-order valence-electron chi connectivity index (χ4n) is 6.56. The molecule has 0 aliphatic heterocycles. The Bertz CT molecular complexity index is 1010. The monoisotopic (exact) mass is 336 g/mol. The molecule has 0 radical (unpaired) electrons. The second kappa shape index (κ2) is 4.66. The second-order valence-electron chi connectivity index (χ2n) is 8.03. The van der Waals surface area contributed by atoms with Crippen LogP contribution in [0.4, 0.5) is 0 Å². The van der Waals surface area contributed by atoms with Gasteiger partial charge in [-0.3, -0.25) is 0 Å². The Balaban J connectivity index is 1.98. The van der Waals surface area contributed by atoms with Gasteiger partial charge in [0.1, 0.15) is 5.41 Å². The maximum absolute atomic E-state index is 10.5. The summed E-state index contributed by atoms with van der Waals surface area (Å²) in [7, 11) is 0. The van der Waals surface area contributed by atoms with E-state index >= 15 is 0 Å². The summed E-state index contributed by atoms with van der Waals surface area (Å²) in [5.74, 6) is 0.242. The van der Waals surface area contributed by atoms with Crippen LogP contribution in [0.3, 0.4) is 0 Å². The average Bonchev–Trinajstić information content (AvgIpc) is 3.02. The molecule has 0 heterocycles. The van der Waals surface area contributed by atoms with Crippen LogP contribution in [-0.4, -0.2) is 0 Å². The van der Waals surface area contributed by atoms with Gasteiger partial charge in [-0.25, -0.2) is 0 Å². The highest BCUT2D eigenvalue weighted by Gasteiger charge is 2.75. The zero-order chi connectivity index (χ0) is 18.2. The van der Waals surface area contributed by atoms with Crippen LogP contribution in [0, 0.1) is 39.9 Å². The maximum Gasteiger partial charge on any atom is 0.111 e. The van der Waals surface area contributed by atoms with Crippen LogP contribution >= 0.6 is 0 Å². The van der Waals surface area contributed by atoms with Gasteiger partial charge in [-0.05, 0) is 41.9 Å². The lowest BCUT2D eigenvalue weighted by atomic mass is 9.33. The number of hydrogen-bond acceptors (Lipinski definition) is 2. The molecule has 3 unspecified atom stereocenters. The van der Waals surface area contributed by atoms with Gasteiger partial charge in [0.15, 0.2) is 0 Å². The van der Waals surface area contributed by atoms with Gasteiger partial charge in [0.05, 0.1) is 17.6 Å². The van der Waals surface area contributed by atoms with E-state index in [4.69, 9.17) is 0 Å². The molecule has 4 aliphatic carbocycles. The quantitative estimate of drug-likeness (QED) is 0.723. The van der Waals surface area contributed by atoms with Gasteiger partial charge in [-0.2, -0.15) is 10.5 Å². The number of hydrogen-bond donors (Lipinski definition) is 0. The highest BCUT2D eigenvalue weighted by molar-refractivity contribution is 5.71. The van der Waals surface area contributed by atoms with E-state index in [-0.39, 0.29) is 11.8 Å². The summed E-state index contributed by atoms with van der Waals surface area (Å²) in [5.41, 5.74) is 2.84. The molecule has 1 aromatic carbocycles. The Morgan fingerprint density at radius 3 is 2.42 bits per heavy atom. The van der Waals surface area contributed by atoms with Crippen LogP contribution in [-0.2, 0) is 10.8 Å². The predicted molar refractivity (Wildman–Crippen MR) is 101 cm³/mol. The third-order valence-electron chi connectivity index (χ3n) is 7.49. The van der Waals surface area contributed by atoms with E-state index in [1.54, 1.807) is 0 Å². The smallest absolute Gasteiger partial charge is 0.111 e. The lowest BCUT2D eigenvalue weighted by molar-refractivity contribution is 0.0388. The number of allylic oxidation sites excluding steroid dienone is 6. The van der Waals surface area contributed by atoms with Gasteiger partial charge in [0.2, 0.25) is 0 Å². The Kier molecular flexibility index (Phi) is 2.76. The number of fused-ring (bicyclic) bond motifs is 3. The van der Waals surface area contributed by atoms with Crippen molar-refractivity contribution < 1.29 is 0 Å². The minimum Gasteiger partial charge on any atom is -0.197 e. The molecule has 2 nitrogen and oxygen atoms in total. The minimum atomic E-state index is -0.708. The van der Waals surface area contributed by atoms with Crippen LogP contribution in [0.2, 0.25) is 0 Å². The van der Waals surface area contributed by atoms with Gasteiger partial charge < -0.3 is 0 Å². The molecule has 0 aromatic heterocycles. The Morgan fingerprint density at radius 1 is 1.04 bits per heavy atom. The van der Waals surface area contributed by atoms with Gasteiger partial charge in [-0.1, -0.05) is 54.1 Å². The largest absolute Gasteiger partial charge is 0.197 e. The molecule has 2 heteroatoms. The molecule has 1 spiro atoms. The first-order valence-corrected chi connectivity index (χ1v) is 9.24. The van der Waals surface area contributed by atoms with Crippen molar-refractivity contribution in [1.29, 1.82) is 10.5 Å². The van der Waals surface area contributed by atoms with E-state index in [0.29, 0.717) is 0 Å². The first-order valence-electron chi connectivity index (χ1n) is 9.24. The minimum absolute atomic E-state index is 0.0539. The van der Waals surface area contributed by atoms with E-state index in [2.05, 4.69) is 49.6 Å². The maximum atomic E-state index is 10.5. The van der Waals surface area contributed by atoms with Gasteiger partial charge >= 0.3 is 0 Å². The topological polar surface area (TPSA) is 47.6 Å². The number of nitriles is 2. The molecule has 126 valence electrons. The van der Waals surface area contributed by atoms with Crippen molar-refractivity contribution in [3.05, 3.63) is 84.0 Å². The number of nitrogens with zero attached hydrogens (tertiary/aromatic N) is 2. The highest BCUT2D eigenvalue weighted by Crippen LogP contribution is 2.77. The van der Waals surface area contributed by atoms with Crippen molar-refractivity contribution in [3.8, 4) is 12.1 Å². The third-order valence-corrected chi connectivity index (χ3v) is 7.49. The molecule has 1 aromatic rings. The highest BCUT2D eigenvalue weighted by atomic mass is 14.8. The van der Waals surface area contributed by atoms with E-state index in [1.807, 2.05) is 24.3 Å².